The Kier molecular flexibility index (Phi) is 5.45. The molecule has 1 amide bonds. The van der Waals surface area contributed by atoms with Crippen molar-refractivity contribution >= 4 is 17.6 Å². The van der Waals surface area contributed by atoms with Gasteiger partial charge < -0.3 is 10.4 Å². The maximum Gasteiger partial charge on any atom is 0.306 e. The van der Waals surface area contributed by atoms with Crippen LogP contribution >= 0.6 is 0 Å². The molecule has 7 heteroatoms. The lowest BCUT2D eigenvalue weighted by Crippen LogP contribution is -2.38. The molecule has 1 saturated carbocycles. The van der Waals surface area contributed by atoms with Gasteiger partial charge in [-0.3, -0.25) is 19.7 Å². The van der Waals surface area contributed by atoms with Crippen molar-refractivity contribution in [1.82, 2.24) is 5.32 Å². The lowest BCUT2D eigenvalue weighted by Gasteiger charge is -2.27. The molecule has 0 aromatic heterocycles. The Labute approximate surface area is 146 Å². The highest BCUT2D eigenvalue weighted by Crippen LogP contribution is 2.32. The molecule has 1 aliphatic rings. The molecule has 25 heavy (non-hydrogen) atoms. The van der Waals surface area contributed by atoms with E-state index in [0.29, 0.717) is 31.2 Å². The summed E-state index contributed by atoms with van der Waals surface area (Å²) in [6.07, 6.45) is 2.27. The van der Waals surface area contributed by atoms with Gasteiger partial charge in [-0.1, -0.05) is 26.8 Å². The Morgan fingerprint density at radius 2 is 1.80 bits per heavy atom. The van der Waals surface area contributed by atoms with Crippen LogP contribution in [-0.2, 0) is 10.2 Å². The molecule has 136 valence electrons. The number of nitrogens with zero attached hydrogens (tertiary/aromatic N) is 1. The van der Waals surface area contributed by atoms with Gasteiger partial charge in [0.2, 0.25) is 0 Å². The number of nitro benzene ring substituents is 1. The second-order valence-electron chi connectivity index (χ2n) is 7.60. The van der Waals surface area contributed by atoms with Crippen LogP contribution in [0.4, 0.5) is 5.69 Å². The molecule has 1 aromatic carbocycles. The van der Waals surface area contributed by atoms with Crippen molar-refractivity contribution in [2.45, 2.75) is 57.9 Å². The molecule has 7 nitrogen and oxygen atoms in total. The van der Waals surface area contributed by atoms with E-state index in [4.69, 9.17) is 5.11 Å². The van der Waals surface area contributed by atoms with Crippen molar-refractivity contribution in [3.63, 3.8) is 0 Å². The summed E-state index contributed by atoms with van der Waals surface area (Å²) in [7, 11) is 0. The van der Waals surface area contributed by atoms with Gasteiger partial charge in [-0.25, -0.2) is 0 Å². The molecule has 2 N–H and O–H groups in total. The predicted octanol–water partition coefficient (Wildman–Crippen LogP) is 3.27. The smallest absolute Gasteiger partial charge is 0.306 e. The second-order valence-corrected chi connectivity index (χ2v) is 7.60. The molecule has 1 aliphatic carbocycles. The number of nitrogens with one attached hydrogen (secondary N) is 1. The fraction of sp³-hybridized carbons (Fsp3) is 0.556. The van der Waals surface area contributed by atoms with Gasteiger partial charge in [0, 0.05) is 23.2 Å². The summed E-state index contributed by atoms with van der Waals surface area (Å²) in [6.45, 7) is 5.65. The summed E-state index contributed by atoms with van der Waals surface area (Å²) in [5, 5.41) is 23.2. The fourth-order valence-electron chi connectivity index (χ4n) is 3.21. The zero-order valence-corrected chi connectivity index (χ0v) is 14.7. The van der Waals surface area contributed by atoms with Gasteiger partial charge in [0.1, 0.15) is 0 Å². The van der Waals surface area contributed by atoms with Crippen molar-refractivity contribution in [3.05, 3.63) is 39.4 Å². The highest BCUT2D eigenvalue weighted by Gasteiger charge is 2.29. The molecular weight excluding hydrogens is 324 g/mol. The number of amides is 1. The zero-order chi connectivity index (χ0) is 18.8. The molecule has 0 unspecified atom stereocenters. The summed E-state index contributed by atoms with van der Waals surface area (Å²) in [5.74, 6) is -1.50. The van der Waals surface area contributed by atoms with E-state index in [0.717, 1.165) is 0 Å². The van der Waals surface area contributed by atoms with E-state index in [2.05, 4.69) is 5.32 Å². The maximum absolute atomic E-state index is 12.4. The Morgan fingerprint density at radius 3 is 2.28 bits per heavy atom. The topological polar surface area (TPSA) is 110 Å². The predicted molar refractivity (Wildman–Crippen MR) is 92.6 cm³/mol. The number of carbonyl (C=O) groups excluding carboxylic acids is 1. The van der Waals surface area contributed by atoms with Gasteiger partial charge in [0.05, 0.1) is 10.8 Å². The highest BCUT2D eigenvalue weighted by molar-refractivity contribution is 5.95. The first kappa shape index (κ1) is 18.9. The fourth-order valence-corrected chi connectivity index (χ4v) is 3.21. The lowest BCUT2D eigenvalue weighted by molar-refractivity contribution is -0.386. The minimum Gasteiger partial charge on any atom is -0.481 e. The average molecular weight is 348 g/mol. The second kappa shape index (κ2) is 7.21. The summed E-state index contributed by atoms with van der Waals surface area (Å²) < 4.78 is 0. The molecule has 0 radical (unpaired) electrons. The molecule has 1 fully saturated rings. The number of aliphatic carboxylic acids is 1. The first-order valence-corrected chi connectivity index (χ1v) is 8.42. The summed E-state index contributed by atoms with van der Waals surface area (Å²) in [4.78, 5) is 34.3. The van der Waals surface area contributed by atoms with Crippen molar-refractivity contribution in [2.24, 2.45) is 5.92 Å². The molecular formula is C18H24N2O5. The molecule has 1 aromatic rings. The maximum atomic E-state index is 12.4. The quantitative estimate of drug-likeness (QED) is 0.641. The first-order valence-electron chi connectivity index (χ1n) is 8.42. The number of hydrogen-bond donors (Lipinski definition) is 2. The summed E-state index contributed by atoms with van der Waals surface area (Å²) in [6, 6.07) is 4.46. The lowest BCUT2D eigenvalue weighted by atomic mass is 9.85. The number of carboxylic acids is 1. The van der Waals surface area contributed by atoms with Crippen molar-refractivity contribution in [1.29, 1.82) is 0 Å². The van der Waals surface area contributed by atoms with Crippen LogP contribution < -0.4 is 5.32 Å². The number of carbonyl (C=O) groups is 2. The molecule has 0 heterocycles. The van der Waals surface area contributed by atoms with E-state index in [-0.39, 0.29) is 29.1 Å². The summed E-state index contributed by atoms with van der Waals surface area (Å²) in [5.41, 5.74) is 0.373. The molecule has 2 rings (SSSR count). The van der Waals surface area contributed by atoms with Crippen LogP contribution in [0.2, 0.25) is 0 Å². The van der Waals surface area contributed by atoms with Gasteiger partial charge in [-0.05, 0) is 37.2 Å². The Morgan fingerprint density at radius 1 is 1.20 bits per heavy atom. The van der Waals surface area contributed by atoms with Crippen LogP contribution in [0.1, 0.15) is 62.4 Å². The normalized spacial score (nSPS) is 20.8. The Bertz CT molecular complexity index is 685. The SMILES string of the molecule is CC(C)(C)c1ccc(C(=O)NC2CCC(C(=O)O)CC2)cc1[N+](=O)[O-]. The van der Waals surface area contributed by atoms with E-state index in [1.807, 2.05) is 20.8 Å². The minimum atomic E-state index is -0.793. The van der Waals surface area contributed by atoms with E-state index >= 15 is 0 Å². The average Bonchev–Trinajstić information content (AvgIpc) is 2.53. The number of carboxylic acid groups (broad SMARTS) is 1. The van der Waals surface area contributed by atoms with Crippen LogP contribution in [0.3, 0.4) is 0 Å². The Balaban J connectivity index is 2.11. The van der Waals surface area contributed by atoms with E-state index in [1.165, 1.54) is 6.07 Å². The molecule has 0 saturated heterocycles. The van der Waals surface area contributed by atoms with Crippen LogP contribution in [0.15, 0.2) is 18.2 Å². The largest absolute Gasteiger partial charge is 0.481 e. The third-order valence-corrected chi connectivity index (χ3v) is 4.68. The van der Waals surface area contributed by atoms with E-state index < -0.39 is 16.3 Å². The first-order chi connectivity index (χ1) is 11.6. The van der Waals surface area contributed by atoms with Crippen molar-refractivity contribution in [3.8, 4) is 0 Å². The monoisotopic (exact) mass is 348 g/mol. The van der Waals surface area contributed by atoms with Gasteiger partial charge in [0.15, 0.2) is 0 Å². The molecule has 0 aliphatic heterocycles. The van der Waals surface area contributed by atoms with E-state index in [9.17, 15) is 19.7 Å². The number of nitro groups is 1. The molecule has 0 atom stereocenters. The number of benzene rings is 1. The standard InChI is InChI=1S/C18H24N2O5/c1-18(2,3)14-9-6-12(10-15(14)20(24)25)16(21)19-13-7-4-11(5-8-13)17(22)23/h6,9-11,13H,4-5,7-8H2,1-3H3,(H,19,21)(H,22,23). The molecule has 0 spiro atoms. The van der Waals surface area contributed by atoms with Gasteiger partial charge in [-0.2, -0.15) is 0 Å². The van der Waals surface area contributed by atoms with Crippen molar-refractivity contribution in [2.75, 3.05) is 0 Å². The number of hydrogen-bond acceptors (Lipinski definition) is 4. The molecule has 0 bridgehead atoms. The van der Waals surface area contributed by atoms with Gasteiger partial charge >= 0.3 is 5.97 Å². The number of rotatable bonds is 4. The van der Waals surface area contributed by atoms with Crippen LogP contribution in [0.25, 0.3) is 0 Å². The highest BCUT2D eigenvalue weighted by atomic mass is 16.6. The van der Waals surface area contributed by atoms with Gasteiger partial charge in [0.25, 0.3) is 11.6 Å². The minimum absolute atomic E-state index is 0.0604. The van der Waals surface area contributed by atoms with Crippen LogP contribution in [0.5, 0.6) is 0 Å². The van der Waals surface area contributed by atoms with Gasteiger partial charge in [-0.15, -0.1) is 0 Å². The third kappa shape index (κ3) is 4.55. The van der Waals surface area contributed by atoms with E-state index in [1.54, 1.807) is 12.1 Å². The van der Waals surface area contributed by atoms with Crippen molar-refractivity contribution < 1.29 is 19.6 Å². The summed E-state index contributed by atoms with van der Waals surface area (Å²) >= 11 is 0. The third-order valence-electron chi connectivity index (χ3n) is 4.68. The zero-order valence-electron chi connectivity index (χ0n) is 14.7. The van der Waals surface area contributed by atoms with Crippen LogP contribution in [0, 0.1) is 16.0 Å². The van der Waals surface area contributed by atoms with Crippen LogP contribution in [-0.4, -0.2) is 27.9 Å². The Hall–Kier alpha value is -2.44.